The highest BCUT2D eigenvalue weighted by molar-refractivity contribution is 6.30. The third kappa shape index (κ3) is 1.95. The summed E-state index contributed by atoms with van der Waals surface area (Å²) in [7, 11) is 0. The first kappa shape index (κ1) is 12.4. The van der Waals surface area contributed by atoms with Crippen LogP contribution >= 0.6 is 11.6 Å². The van der Waals surface area contributed by atoms with Crippen LogP contribution in [0.15, 0.2) is 24.3 Å². The summed E-state index contributed by atoms with van der Waals surface area (Å²) in [6, 6.07) is 7.20. The Balaban J connectivity index is 2.07. The molecule has 1 aromatic rings. The number of carbonyl (C=O) groups excluding carboxylic acids is 1. The molecular weight excluding hydrogens is 234 g/mol. The maximum absolute atomic E-state index is 12.1. The SMILES string of the molecule is CC1(C)C(C(=O)Nc2ccc(Cl)cc2)C1(C)C. The topological polar surface area (TPSA) is 29.1 Å². The maximum Gasteiger partial charge on any atom is 0.228 e. The Hall–Kier alpha value is -1.02. The van der Waals surface area contributed by atoms with E-state index in [1.165, 1.54) is 0 Å². The molecule has 0 spiro atoms. The lowest BCUT2D eigenvalue weighted by Crippen LogP contribution is -2.17. The van der Waals surface area contributed by atoms with Crippen molar-refractivity contribution >= 4 is 23.2 Å². The average molecular weight is 252 g/mol. The number of rotatable bonds is 2. The minimum absolute atomic E-state index is 0.0729. The lowest BCUT2D eigenvalue weighted by Gasteiger charge is -2.06. The summed E-state index contributed by atoms with van der Waals surface area (Å²) in [6.45, 7) is 8.55. The fourth-order valence-electron chi connectivity index (χ4n) is 2.60. The van der Waals surface area contributed by atoms with Gasteiger partial charge in [0.05, 0.1) is 0 Å². The number of hydrogen-bond donors (Lipinski definition) is 1. The van der Waals surface area contributed by atoms with Crippen molar-refractivity contribution in [2.75, 3.05) is 5.32 Å². The molecule has 2 nitrogen and oxygen atoms in total. The predicted octanol–water partition coefficient (Wildman–Crippen LogP) is 3.96. The fourth-order valence-corrected chi connectivity index (χ4v) is 2.73. The van der Waals surface area contributed by atoms with E-state index < -0.39 is 0 Å². The van der Waals surface area contributed by atoms with Crippen molar-refractivity contribution in [3.05, 3.63) is 29.3 Å². The van der Waals surface area contributed by atoms with Crippen LogP contribution in [0.1, 0.15) is 27.7 Å². The summed E-state index contributed by atoms with van der Waals surface area (Å²) in [6.07, 6.45) is 0. The minimum atomic E-state index is 0.0729. The van der Waals surface area contributed by atoms with Gasteiger partial charge in [0.15, 0.2) is 0 Å². The largest absolute Gasteiger partial charge is 0.326 e. The quantitative estimate of drug-likeness (QED) is 0.847. The van der Waals surface area contributed by atoms with Crippen molar-refractivity contribution in [3.8, 4) is 0 Å². The van der Waals surface area contributed by atoms with Crippen LogP contribution in [0, 0.1) is 16.7 Å². The smallest absolute Gasteiger partial charge is 0.228 e. The lowest BCUT2D eigenvalue weighted by atomic mass is 10.0. The first-order chi connectivity index (χ1) is 7.76. The number of halogens is 1. The Morgan fingerprint density at radius 1 is 1.12 bits per heavy atom. The first-order valence-electron chi connectivity index (χ1n) is 5.83. The molecule has 2 rings (SSSR count). The highest BCUT2D eigenvalue weighted by Gasteiger charge is 2.68. The van der Waals surface area contributed by atoms with Crippen molar-refractivity contribution in [1.82, 2.24) is 0 Å². The second-order valence-electron chi connectivity index (χ2n) is 5.87. The van der Waals surface area contributed by atoms with Gasteiger partial charge in [-0.1, -0.05) is 39.3 Å². The number of hydrogen-bond acceptors (Lipinski definition) is 1. The zero-order valence-corrected chi connectivity index (χ0v) is 11.4. The van der Waals surface area contributed by atoms with E-state index in [0.29, 0.717) is 5.02 Å². The molecule has 0 unspecified atom stereocenters. The van der Waals surface area contributed by atoms with Crippen LogP contribution < -0.4 is 5.32 Å². The predicted molar refractivity (Wildman–Crippen MR) is 71.1 cm³/mol. The van der Waals surface area contributed by atoms with Gasteiger partial charge in [0, 0.05) is 16.6 Å². The molecular formula is C14H18ClNO. The molecule has 0 radical (unpaired) electrons. The summed E-state index contributed by atoms with van der Waals surface area (Å²) in [5.41, 5.74) is 0.949. The molecule has 0 saturated heterocycles. The van der Waals surface area contributed by atoms with E-state index in [1.807, 2.05) is 12.1 Å². The van der Waals surface area contributed by atoms with Crippen molar-refractivity contribution in [2.24, 2.45) is 16.7 Å². The van der Waals surface area contributed by atoms with E-state index in [4.69, 9.17) is 11.6 Å². The van der Waals surface area contributed by atoms with Crippen LogP contribution in [-0.4, -0.2) is 5.91 Å². The summed E-state index contributed by atoms with van der Waals surface area (Å²) in [5, 5.41) is 3.62. The van der Waals surface area contributed by atoms with E-state index in [0.717, 1.165) is 5.69 Å². The Morgan fingerprint density at radius 2 is 1.59 bits per heavy atom. The van der Waals surface area contributed by atoms with Crippen LogP contribution in [-0.2, 0) is 4.79 Å². The normalized spacial score (nSPS) is 21.0. The Bertz CT molecular complexity index is 434. The van der Waals surface area contributed by atoms with E-state index in [-0.39, 0.29) is 22.7 Å². The summed E-state index contributed by atoms with van der Waals surface area (Å²) in [4.78, 5) is 12.1. The van der Waals surface area contributed by atoms with Crippen LogP contribution in [0.5, 0.6) is 0 Å². The fraction of sp³-hybridized carbons (Fsp3) is 0.500. The molecule has 1 aliphatic carbocycles. The van der Waals surface area contributed by atoms with Gasteiger partial charge in [-0.25, -0.2) is 0 Å². The number of nitrogens with one attached hydrogen (secondary N) is 1. The Labute approximate surface area is 107 Å². The van der Waals surface area contributed by atoms with Crippen LogP contribution in [0.25, 0.3) is 0 Å². The second-order valence-corrected chi connectivity index (χ2v) is 6.31. The molecule has 0 bridgehead atoms. The van der Waals surface area contributed by atoms with Gasteiger partial charge in [-0.3, -0.25) is 4.79 Å². The molecule has 92 valence electrons. The molecule has 3 heteroatoms. The van der Waals surface area contributed by atoms with Crippen molar-refractivity contribution < 1.29 is 4.79 Å². The Morgan fingerprint density at radius 3 is 2.00 bits per heavy atom. The average Bonchev–Trinajstić information content (AvgIpc) is 2.61. The first-order valence-corrected chi connectivity index (χ1v) is 6.21. The van der Waals surface area contributed by atoms with Gasteiger partial charge in [0.25, 0.3) is 0 Å². The van der Waals surface area contributed by atoms with E-state index in [9.17, 15) is 4.79 Å². The molecule has 0 aromatic heterocycles. The van der Waals surface area contributed by atoms with Gasteiger partial charge in [0.1, 0.15) is 0 Å². The lowest BCUT2D eigenvalue weighted by molar-refractivity contribution is -0.118. The summed E-state index contributed by atoms with van der Waals surface area (Å²) >= 11 is 5.80. The van der Waals surface area contributed by atoms with Gasteiger partial charge in [-0.15, -0.1) is 0 Å². The van der Waals surface area contributed by atoms with Gasteiger partial charge < -0.3 is 5.32 Å². The summed E-state index contributed by atoms with van der Waals surface area (Å²) in [5.74, 6) is 0.174. The number of carbonyl (C=O) groups is 1. The van der Waals surface area contributed by atoms with Gasteiger partial charge >= 0.3 is 0 Å². The zero-order chi connectivity index (χ0) is 12.8. The highest BCUT2D eigenvalue weighted by Crippen LogP contribution is 2.68. The van der Waals surface area contributed by atoms with Crippen LogP contribution in [0.3, 0.4) is 0 Å². The third-order valence-electron chi connectivity index (χ3n) is 4.39. The van der Waals surface area contributed by atoms with Gasteiger partial charge in [-0.05, 0) is 35.1 Å². The minimum Gasteiger partial charge on any atom is -0.326 e. The standard InChI is InChI=1S/C14H18ClNO/c1-13(2)11(14(13,3)4)12(17)16-10-7-5-9(15)6-8-10/h5-8,11H,1-4H3,(H,16,17). The molecule has 1 amide bonds. The number of anilines is 1. The second kappa shape index (κ2) is 3.74. The third-order valence-corrected chi connectivity index (χ3v) is 4.65. The Kier molecular flexibility index (Phi) is 2.74. The molecule has 1 saturated carbocycles. The van der Waals surface area contributed by atoms with Crippen LogP contribution in [0.2, 0.25) is 5.02 Å². The van der Waals surface area contributed by atoms with Gasteiger partial charge in [-0.2, -0.15) is 0 Å². The van der Waals surface area contributed by atoms with Crippen LogP contribution in [0.4, 0.5) is 5.69 Å². The molecule has 1 aliphatic rings. The zero-order valence-electron chi connectivity index (χ0n) is 10.7. The van der Waals surface area contributed by atoms with E-state index in [1.54, 1.807) is 12.1 Å². The van der Waals surface area contributed by atoms with E-state index in [2.05, 4.69) is 33.0 Å². The molecule has 17 heavy (non-hydrogen) atoms. The van der Waals surface area contributed by atoms with Crippen molar-refractivity contribution in [1.29, 1.82) is 0 Å². The maximum atomic E-state index is 12.1. The number of benzene rings is 1. The van der Waals surface area contributed by atoms with E-state index >= 15 is 0 Å². The molecule has 0 atom stereocenters. The van der Waals surface area contributed by atoms with Gasteiger partial charge in [0.2, 0.25) is 5.91 Å². The number of amides is 1. The molecule has 1 aromatic carbocycles. The molecule has 0 heterocycles. The monoisotopic (exact) mass is 251 g/mol. The van der Waals surface area contributed by atoms with Crippen molar-refractivity contribution in [3.63, 3.8) is 0 Å². The molecule has 1 N–H and O–H groups in total. The molecule has 0 aliphatic heterocycles. The van der Waals surface area contributed by atoms with Crippen molar-refractivity contribution in [2.45, 2.75) is 27.7 Å². The highest BCUT2D eigenvalue weighted by atomic mass is 35.5. The molecule has 1 fully saturated rings. The summed E-state index contributed by atoms with van der Waals surface area (Å²) < 4.78 is 0.